The van der Waals surface area contributed by atoms with Crippen LogP contribution in [0.1, 0.15) is 24.1 Å². The van der Waals surface area contributed by atoms with Crippen LogP contribution in [0.4, 0.5) is 0 Å². The Morgan fingerprint density at radius 1 is 1.04 bits per heavy atom. The van der Waals surface area contributed by atoms with Crippen molar-refractivity contribution in [3.63, 3.8) is 0 Å². The van der Waals surface area contributed by atoms with E-state index in [9.17, 15) is 4.79 Å². The number of allylic oxidation sites excluding steroid dienone is 4. The summed E-state index contributed by atoms with van der Waals surface area (Å²) in [4.78, 5) is 12.7. The molecule has 0 heterocycles. The van der Waals surface area contributed by atoms with Gasteiger partial charge in [0.05, 0.1) is 0 Å². The fourth-order valence-corrected chi connectivity index (χ4v) is 2.57. The number of rotatable bonds is 9. The third-order valence-corrected chi connectivity index (χ3v) is 3.88. The molecule has 1 amide bonds. The van der Waals surface area contributed by atoms with Crippen LogP contribution < -0.4 is 10.6 Å². The first-order chi connectivity index (χ1) is 12.7. The van der Waals surface area contributed by atoms with Gasteiger partial charge in [0.2, 0.25) is 5.91 Å². The van der Waals surface area contributed by atoms with Crippen LogP contribution in [0.3, 0.4) is 0 Å². The van der Waals surface area contributed by atoms with E-state index in [2.05, 4.69) is 29.3 Å². The van der Waals surface area contributed by atoms with Crippen LogP contribution in [-0.2, 0) is 11.2 Å². The second-order valence-corrected chi connectivity index (χ2v) is 5.93. The quantitative estimate of drug-likeness (QED) is 0.664. The Morgan fingerprint density at radius 3 is 2.35 bits per heavy atom. The van der Waals surface area contributed by atoms with E-state index >= 15 is 0 Å². The maximum atomic E-state index is 12.7. The minimum absolute atomic E-state index is 0.112. The van der Waals surface area contributed by atoms with E-state index in [-0.39, 0.29) is 5.91 Å². The lowest BCUT2D eigenvalue weighted by molar-refractivity contribution is -0.122. The second kappa shape index (κ2) is 10.9. The highest BCUT2D eigenvalue weighted by atomic mass is 16.2. The van der Waals surface area contributed by atoms with Gasteiger partial charge >= 0.3 is 0 Å². The molecule has 0 aliphatic heterocycles. The summed E-state index contributed by atoms with van der Waals surface area (Å²) in [6.45, 7) is 6.53. The molecule has 0 saturated heterocycles. The van der Waals surface area contributed by atoms with E-state index < -0.39 is 6.04 Å². The minimum Gasteiger partial charge on any atom is -0.325 e. The Hall–Kier alpha value is -2.91. The van der Waals surface area contributed by atoms with E-state index in [0.29, 0.717) is 12.2 Å². The third-order valence-electron chi connectivity index (χ3n) is 3.88. The number of benzene rings is 2. The van der Waals surface area contributed by atoms with Gasteiger partial charge in [-0.25, -0.2) is 0 Å². The van der Waals surface area contributed by atoms with Crippen LogP contribution >= 0.6 is 0 Å². The molecule has 2 aromatic rings. The fraction of sp³-hybridized carbons (Fsp3) is 0.174. The van der Waals surface area contributed by atoms with Crippen molar-refractivity contribution in [1.82, 2.24) is 10.6 Å². The molecule has 2 aromatic carbocycles. The van der Waals surface area contributed by atoms with E-state index in [4.69, 9.17) is 0 Å². The monoisotopic (exact) mass is 346 g/mol. The topological polar surface area (TPSA) is 41.1 Å². The lowest BCUT2D eigenvalue weighted by atomic mass is 10.1. The summed E-state index contributed by atoms with van der Waals surface area (Å²) in [5.41, 5.74) is 2.74. The number of carbonyl (C=O) groups excluding carboxylic acids is 1. The van der Waals surface area contributed by atoms with E-state index in [1.165, 1.54) is 5.56 Å². The Balaban J connectivity index is 2.01. The van der Waals surface area contributed by atoms with Gasteiger partial charge in [-0.1, -0.05) is 85.5 Å². The predicted octanol–water partition coefficient (Wildman–Crippen LogP) is 4.32. The van der Waals surface area contributed by atoms with Crippen molar-refractivity contribution in [3.8, 4) is 0 Å². The molecule has 0 aromatic heterocycles. The largest absolute Gasteiger partial charge is 0.325 e. The summed E-state index contributed by atoms with van der Waals surface area (Å²) < 4.78 is 0. The molecule has 0 spiro atoms. The predicted molar refractivity (Wildman–Crippen MR) is 109 cm³/mol. The van der Waals surface area contributed by atoms with Crippen LogP contribution in [0.15, 0.2) is 97.2 Å². The molecule has 0 bridgehead atoms. The molecule has 0 radical (unpaired) electrons. The molecule has 134 valence electrons. The van der Waals surface area contributed by atoms with Crippen molar-refractivity contribution in [2.24, 2.45) is 0 Å². The van der Waals surface area contributed by atoms with E-state index in [1.54, 1.807) is 6.08 Å². The summed E-state index contributed by atoms with van der Waals surface area (Å²) in [6.07, 6.45) is 8.31. The van der Waals surface area contributed by atoms with Gasteiger partial charge < -0.3 is 10.6 Å². The first kappa shape index (κ1) is 19.4. The molecule has 0 aliphatic rings. The molecule has 1 atom stereocenters. The molecule has 3 heteroatoms. The van der Waals surface area contributed by atoms with Gasteiger partial charge in [-0.15, -0.1) is 0 Å². The Kier molecular flexibility index (Phi) is 8.10. The number of nitrogens with one attached hydrogen (secondary N) is 2. The van der Waals surface area contributed by atoms with Crippen LogP contribution in [0, 0.1) is 0 Å². The Labute approximate surface area is 156 Å². The highest BCUT2D eigenvalue weighted by Crippen LogP contribution is 2.13. The van der Waals surface area contributed by atoms with Gasteiger partial charge in [-0.2, -0.15) is 0 Å². The number of hydrogen-bond donors (Lipinski definition) is 2. The van der Waals surface area contributed by atoms with Gasteiger partial charge in [0, 0.05) is 12.2 Å². The zero-order valence-electron chi connectivity index (χ0n) is 15.2. The molecule has 2 rings (SSSR count). The lowest BCUT2D eigenvalue weighted by Gasteiger charge is -2.19. The highest BCUT2D eigenvalue weighted by molar-refractivity contribution is 5.85. The first-order valence-corrected chi connectivity index (χ1v) is 8.82. The van der Waals surface area contributed by atoms with E-state index in [0.717, 1.165) is 12.0 Å². The van der Waals surface area contributed by atoms with Crippen molar-refractivity contribution in [1.29, 1.82) is 0 Å². The normalized spacial score (nSPS) is 12.3. The van der Waals surface area contributed by atoms with E-state index in [1.807, 2.05) is 73.7 Å². The zero-order valence-corrected chi connectivity index (χ0v) is 15.2. The van der Waals surface area contributed by atoms with Crippen LogP contribution in [0.25, 0.3) is 0 Å². The van der Waals surface area contributed by atoms with Crippen LogP contribution in [0.2, 0.25) is 0 Å². The molecular weight excluding hydrogens is 320 g/mol. The molecule has 0 unspecified atom stereocenters. The van der Waals surface area contributed by atoms with Crippen molar-refractivity contribution >= 4 is 5.91 Å². The smallest absolute Gasteiger partial charge is 0.246 e. The minimum atomic E-state index is -0.424. The summed E-state index contributed by atoms with van der Waals surface area (Å²) in [7, 11) is 0. The number of amides is 1. The standard InChI is InChI=1S/C23H26N2O/c1-3-4-7-12-19(2)25-23(26)22(21-15-10-6-11-16-21)24-18-17-20-13-8-5-9-14-20/h3-16,22,24H,2,17-18H2,1H3,(H,25,26)/b4-3-,12-7-/t22-/m1/s1. The summed E-state index contributed by atoms with van der Waals surface area (Å²) in [5, 5.41) is 6.24. The SMILES string of the molecule is C=C(/C=C\C=C/C)NC(=O)[C@H](NCCc1ccccc1)c1ccccc1. The van der Waals surface area contributed by atoms with Gasteiger partial charge in [0.15, 0.2) is 0 Å². The fourth-order valence-electron chi connectivity index (χ4n) is 2.57. The summed E-state index contributed by atoms with van der Waals surface area (Å²) in [5.74, 6) is -0.112. The molecule has 2 N–H and O–H groups in total. The second-order valence-electron chi connectivity index (χ2n) is 5.93. The van der Waals surface area contributed by atoms with Gasteiger partial charge in [0.1, 0.15) is 6.04 Å². The summed E-state index contributed by atoms with van der Waals surface area (Å²) in [6, 6.07) is 19.5. The molecule has 26 heavy (non-hydrogen) atoms. The van der Waals surface area contributed by atoms with Gasteiger partial charge in [-0.3, -0.25) is 4.79 Å². The zero-order chi connectivity index (χ0) is 18.6. The molecule has 0 aliphatic carbocycles. The summed E-state index contributed by atoms with van der Waals surface area (Å²) >= 11 is 0. The lowest BCUT2D eigenvalue weighted by Crippen LogP contribution is -2.37. The van der Waals surface area contributed by atoms with Crippen molar-refractivity contribution < 1.29 is 4.79 Å². The molecule has 0 fully saturated rings. The maximum Gasteiger partial charge on any atom is 0.246 e. The Morgan fingerprint density at radius 2 is 1.69 bits per heavy atom. The average Bonchev–Trinajstić information content (AvgIpc) is 2.67. The maximum absolute atomic E-state index is 12.7. The first-order valence-electron chi connectivity index (χ1n) is 8.82. The third kappa shape index (κ3) is 6.54. The number of carbonyl (C=O) groups is 1. The number of hydrogen-bond acceptors (Lipinski definition) is 2. The van der Waals surface area contributed by atoms with Gasteiger partial charge in [-0.05, 0) is 30.5 Å². The van der Waals surface area contributed by atoms with Crippen LogP contribution in [0.5, 0.6) is 0 Å². The van der Waals surface area contributed by atoms with Gasteiger partial charge in [0.25, 0.3) is 0 Å². The Bertz CT molecular complexity index is 748. The molecule has 3 nitrogen and oxygen atoms in total. The average molecular weight is 346 g/mol. The van der Waals surface area contributed by atoms with Crippen molar-refractivity contribution in [3.05, 3.63) is 108 Å². The van der Waals surface area contributed by atoms with Crippen LogP contribution in [-0.4, -0.2) is 12.5 Å². The van der Waals surface area contributed by atoms with Crippen molar-refractivity contribution in [2.75, 3.05) is 6.54 Å². The molecule has 0 saturated carbocycles. The highest BCUT2D eigenvalue weighted by Gasteiger charge is 2.19. The molecular formula is C23H26N2O. The van der Waals surface area contributed by atoms with Crippen molar-refractivity contribution in [2.45, 2.75) is 19.4 Å².